The van der Waals surface area contributed by atoms with Gasteiger partial charge in [-0.2, -0.15) is 0 Å². The zero-order valence-corrected chi connectivity index (χ0v) is 13.9. The number of hydrogen-bond donors (Lipinski definition) is 2. The summed E-state index contributed by atoms with van der Waals surface area (Å²) in [6.07, 6.45) is 0.799. The van der Waals surface area contributed by atoms with Crippen LogP contribution in [0.2, 0.25) is 0 Å². The lowest BCUT2D eigenvalue weighted by atomic mass is 9.93. The van der Waals surface area contributed by atoms with Crippen LogP contribution in [-0.4, -0.2) is 42.8 Å². The quantitative estimate of drug-likeness (QED) is 0.909. The van der Waals surface area contributed by atoms with Crippen molar-refractivity contribution in [1.82, 2.24) is 10.2 Å². The van der Waals surface area contributed by atoms with E-state index in [1.807, 2.05) is 0 Å². The van der Waals surface area contributed by atoms with Gasteiger partial charge in [-0.15, -0.1) is 12.4 Å². The van der Waals surface area contributed by atoms with Crippen LogP contribution in [0.15, 0.2) is 36.4 Å². The number of nitrogens with zero attached hydrogens (tertiary/aromatic N) is 1. The predicted octanol–water partition coefficient (Wildman–Crippen LogP) is 2.90. The molecule has 0 saturated carbocycles. The van der Waals surface area contributed by atoms with Gasteiger partial charge in [0.25, 0.3) is 0 Å². The molecule has 0 spiro atoms. The lowest BCUT2D eigenvalue weighted by molar-refractivity contribution is 0.142. The normalized spacial score (nSPS) is 17.2. The van der Waals surface area contributed by atoms with Gasteiger partial charge in [-0.3, -0.25) is 4.90 Å². The number of hydrogen-bond acceptors (Lipinski definition) is 3. The molecule has 4 heteroatoms. The molecule has 1 atom stereocenters. The molecule has 1 aliphatic heterocycles. The Morgan fingerprint density at radius 3 is 2.45 bits per heavy atom. The Hall–Kier alpha value is -1.13. The van der Waals surface area contributed by atoms with Crippen LogP contribution < -0.4 is 5.32 Å². The van der Waals surface area contributed by atoms with Crippen molar-refractivity contribution in [3.63, 3.8) is 0 Å². The van der Waals surface area contributed by atoms with Gasteiger partial charge < -0.3 is 10.4 Å². The second kappa shape index (κ2) is 7.93. The Bertz CT molecular complexity index is 611. The summed E-state index contributed by atoms with van der Waals surface area (Å²) in [4.78, 5) is 2.50. The largest absolute Gasteiger partial charge is 0.396 e. The zero-order valence-electron chi connectivity index (χ0n) is 13.1. The minimum Gasteiger partial charge on any atom is -0.396 e. The molecule has 2 aromatic carbocycles. The maximum atomic E-state index is 9.51. The van der Waals surface area contributed by atoms with Gasteiger partial charge in [0.15, 0.2) is 0 Å². The van der Waals surface area contributed by atoms with E-state index in [4.69, 9.17) is 0 Å². The molecule has 1 heterocycles. The van der Waals surface area contributed by atoms with Crippen LogP contribution in [0.4, 0.5) is 0 Å². The molecule has 0 bridgehead atoms. The zero-order chi connectivity index (χ0) is 14.7. The van der Waals surface area contributed by atoms with E-state index in [-0.39, 0.29) is 19.0 Å². The Kier molecular flexibility index (Phi) is 6.21. The molecule has 0 aliphatic carbocycles. The minimum absolute atomic E-state index is 0. The highest BCUT2D eigenvalue weighted by molar-refractivity contribution is 5.88. The summed E-state index contributed by atoms with van der Waals surface area (Å²) in [6.45, 7) is 6.56. The molecule has 2 N–H and O–H groups in total. The number of aliphatic hydroxyl groups excluding tert-OH is 1. The lowest BCUT2D eigenvalue weighted by Gasteiger charge is -2.35. The van der Waals surface area contributed by atoms with E-state index in [0.717, 1.165) is 32.6 Å². The molecular formula is C18H25ClN2O. The van der Waals surface area contributed by atoms with Crippen molar-refractivity contribution in [2.45, 2.75) is 19.4 Å². The number of aryl methyl sites for hydroxylation is 1. The third-order valence-electron chi connectivity index (χ3n) is 4.53. The molecule has 120 valence electrons. The Balaban J connectivity index is 0.00000176. The van der Waals surface area contributed by atoms with Gasteiger partial charge in [0.1, 0.15) is 0 Å². The predicted molar refractivity (Wildman–Crippen MR) is 94.8 cm³/mol. The van der Waals surface area contributed by atoms with E-state index in [0.29, 0.717) is 6.04 Å². The summed E-state index contributed by atoms with van der Waals surface area (Å²) in [6, 6.07) is 13.4. The third kappa shape index (κ3) is 3.44. The van der Waals surface area contributed by atoms with Crippen molar-refractivity contribution < 1.29 is 5.11 Å². The van der Waals surface area contributed by atoms with Crippen molar-refractivity contribution in [2.24, 2.45) is 0 Å². The standard InChI is InChI=1S/C18H24N2O.ClH/c1-14-6-7-17(16-5-3-2-4-15(14)16)18(8-13-21)20-11-9-19-10-12-20;/h2-7,18-19,21H,8-13H2,1H3;1H/t18-;/m1./s1. The maximum absolute atomic E-state index is 9.51. The SMILES string of the molecule is Cc1ccc([C@@H](CCO)N2CCNCC2)c2ccccc12.Cl. The summed E-state index contributed by atoms with van der Waals surface area (Å²) in [5.74, 6) is 0. The minimum atomic E-state index is 0. The van der Waals surface area contributed by atoms with Crippen molar-refractivity contribution in [1.29, 1.82) is 0 Å². The molecule has 0 amide bonds. The fraction of sp³-hybridized carbons (Fsp3) is 0.444. The highest BCUT2D eigenvalue weighted by atomic mass is 35.5. The highest BCUT2D eigenvalue weighted by Crippen LogP contribution is 2.32. The maximum Gasteiger partial charge on any atom is 0.0449 e. The van der Waals surface area contributed by atoms with Gasteiger partial charge in [-0.25, -0.2) is 0 Å². The monoisotopic (exact) mass is 320 g/mol. The molecule has 0 aromatic heterocycles. The van der Waals surface area contributed by atoms with Crippen LogP contribution >= 0.6 is 12.4 Å². The van der Waals surface area contributed by atoms with Crippen molar-refractivity contribution in [2.75, 3.05) is 32.8 Å². The Labute approximate surface area is 138 Å². The second-order valence-corrected chi connectivity index (χ2v) is 5.83. The summed E-state index contributed by atoms with van der Waals surface area (Å²) in [5, 5.41) is 15.6. The first-order valence-corrected chi connectivity index (χ1v) is 7.85. The van der Waals surface area contributed by atoms with E-state index >= 15 is 0 Å². The van der Waals surface area contributed by atoms with Crippen LogP contribution in [0.1, 0.15) is 23.6 Å². The number of halogens is 1. The van der Waals surface area contributed by atoms with Crippen LogP contribution in [0.25, 0.3) is 10.8 Å². The summed E-state index contributed by atoms with van der Waals surface area (Å²) in [5.41, 5.74) is 2.67. The first kappa shape index (κ1) is 17.2. The summed E-state index contributed by atoms with van der Waals surface area (Å²) < 4.78 is 0. The fourth-order valence-electron chi connectivity index (χ4n) is 3.41. The van der Waals surface area contributed by atoms with Gasteiger partial charge in [-0.05, 0) is 35.2 Å². The van der Waals surface area contributed by atoms with Gasteiger partial charge in [-0.1, -0.05) is 36.4 Å². The second-order valence-electron chi connectivity index (χ2n) is 5.83. The highest BCUT2D eigenvalue weighted by Gasteiger charge is 2.23. The summed E-state index contributed by atoms with van der Waals surface area (Å²) in [7, 11) is 0. The third-order valence-corrected chi connectivity index (χ3v) is 4.53. The van der Waals surface area contributed by atoms with E-state index < -0.39 is 0 Å². The molecule has 2 aromatic rings. The Morgan fingerprint density at radius 1 is 1.09 bits per heavy atom. The number of fused-ring (bicyclic) bond motifs is 1. The molecule has 3 nitrogen and oxygen atoms in total. The number of piperazine rings is 1. The smallest absolute Gasteiger partial charge is 0.0449 e. The average molecular weight is 321 g/mol. The molecule has 1 aliphatic rings. The average Bonchev–Trinajstić information content (AvgIpc) is 2.55. The van der Waals surface area contributed by atoms with Crippen LogP contribution in [0.5, 0.6) is 0 Å². The first-order valence-electron chi connectivity index (χ1n) is 7.85. The van der Waals surface area contributed by atoms with Crippen molar-refractivity contribution >= 4 is 23.2 Å². The van der Waals surface area contributed by atoms with E-state index in [9.17, 15) is 5.11 Å². The van der Waals surface area contributed by atoms with Gasteiger partial charge in [0.2, 0.25) is 0 Å². The molecule has 1 fully saturated rings. The van der Waals surface area contributed by atoms with Crippen molar-refractivity contribution in [3.8, 4) is 0 Å². The number of benzene rings is 2. The van der Waals surface area contributed by atoms with Gasteiger partial charge in [0.05, 0.1) is 0 Å². The molecular weight excluding hydrogens is 296 g/mol. The topological polar surface area (TPSA) is 35.5 Å². The van der Waals surface area contributed by atoms with Gasteiger partial charge in [0, 0.05) is 38.8 Å². The number of nitrogens with one attached hydrogen (secondary N) is 1. The van der Waals surface area contributed by atoms with Crippen LogP contribution in [0.3, 0.4) is 0 Å². The molecule has 22 heavy (non-hydrogen) atoms. The molecule has 0 radical (unpaired) electrons. The summed E-state index contributed by atoms with van der Waals surface area (Å²) >= 11 is 0. The van der Waals surface area contributed by atoms with E-state index in [2.05, 4.69) is 53.5 Å². The number of rotatable bonds is 4. The van der Waals surface area contributed by atoms with Crippen molar-refractivity contribution in [3.05, 3.63) is 47.5 Å². The molecule has 1 saturated heterocycles. The van der Waals surface area contributed by atoms with E-state index in [1.165, 1.54) is 21.9 Å². The van der Waals surface area contributed by atoms with Crippen LogP contribution in [-0.2, 0) is 0 Å². The van der Waals surface area contributed by atoms with E-state index in [1.54, 1.807) is 0 Å². The number of aliphatic hydroxyl groups is 1. The molecule has 0 unspecified atom stereocenters. The lowest BCUT2D eigenvalue weighted by Crippen LogP contribution is -2.45. The van der Waals surface area contributed by atoms with Gasteiger partial charge >= 0.3 is 0 Å². The first-order chi connectivity index (χ1) is 10.3. The Morgan fingerprint density at radius 2 is 1.77 bits per heavy atom. The fourth-order valence-corrected chi connectivity index (χ4v) is 3.41. The molecule has 3 rings (SSSR count). The van der Waals surface area contributed by atoms with Crippen LogP contribution in [0, 0.1) is 6.92 Å².